The van der Waals surface area contributed by atoms with Gasteiger partial charge in [-0.3, -0.25) is 4.79 Å². The average Bonchev–Trinajstić information content (AvgIpc) is 3.49. The van der Waals surface area contributed by atoms with E-state index in [1.165, 1.54) is 29.8 Å². The minimum atomic E-state index is -0.561. The van der Waals surface area contributed by atoms with Gasteiger partial charge in [0.05, 0.1) is 26.1 Å². The number of ether oxygens (including phenoxy) is 2. The zero-order valence-corrected chi connectivity index (χ0v) is 19.9. The molecule has 4 rings (SSSR count). The van der Waals surface area contributed by atoms with Gasteiger partial charge in [0.25, 0.3) is 5.91 Å². The number of methoxy groups -OCH3 is 2. The zero-order valence-electron chi connectivity index (χ0n) is 19.1. The summed E-state index contributed by atoms with van der Waals surface area (Å²) < 4.78 is 16.5. The van der Waals surface area contributed by atoms with Gasteiger partial charge in [-0.2, -0.15) is 9.78 Å². The number of nitrogens with zero attached hydrogens (tertiary/aromatic N) is 6. The van der Waals surface area contributed by atoms with Gasteiger partial charge in [-0.1, -0.05) is 22.9 Å². The summed E-state index contributed by atoms with van der Waals surface area (Å²) in [6.45, 7) is 2.01. The molecule has 180 valence electrons. The Morgan fingerprint density at radius 3 is 2.69 bits per heavy atom. The van der Waals surface area contributed by atoms with E-state index in [4.69, 9.17) is 15.2 Å². The van der Waals surface area contributed by atoms with Crippen LogP contribution >= 0.6 is 11.8 Å². The van der Waals surface area contributed by atoms with E-state index in [-0.39, 0.29) is 17.3 Å². The molecule has 0 fully saturated rings. The number of anilines is 1. The number of nitrogen functional groups attached to an aromatic ring is 1. The lowest BCUT2D eigenvalue weighted by atomic mass is 10.2. The van der Waals surface area contributed by atoms with E-state index in [2.05, 4.69) is 35.8 Å². The van der Waals surface area contributed by atoms with Crippen molar-refractivity contribution in [2.75, 3.05) is 20.0 Å². The number of aromatic nitrogens is 5. The molecule has 0 saturated carbocycles. The minimum absolute atomic E-state index is 0.0214. The quantitative estimate of drug-likeness (QED) is 0.201. The summed E-state index contributed by atoms with van der Waals surface area (Å²) >= 11 is 1.50. The number of amides is 1. The number of aryl methyl sites for hydroxylation is 1. The van der Waals surface area contributed by atoms with Gasteiger partial charge in [-0.15, -0.1) is 16.9 Å². The van der Waals surface area contributed by atoms with Gasteiger partial charge in [-0.25, -0.2) is 10.1 Å². The van der Waals surface area contributed by atoms with Crippen molar-refractivity contribution >= 4 is 29.7 Å². The first kappa shape index (κ1) is 23.8. The Morgan fingerprint density at radius 1 is 1.20 bits per heavy atom. The highest BCUT2D eigenvalue weighted by atomic mass is 32.2. The van der Waals surface area contributed by atoms with Crippen LogP contribution in [0.15, 0.2) is 57.1 Å². The molecule has 0 aliphatic carbocycles. The molecule has 0 aliphatic rings. The van der Waals surface area contributed by atoms with Gasteiger partial charge in [0, 0.05) is 22.3 Å². The SMILES string of the molecule is COc1ccc(C=NNC(=O)c2nnn(-c3nonc3N)c2CSc2ccc(C)cc2)c(OC)c1. The number of hydrazone groups is 1. The summed E-state index contributed by atoms with van der Waals surface area (Å²) in [5.74, 6) is 1.13. The topological polar surface area (TPSA) is 156 Å². The standard InChI is InChI=1S/C22H22N8O4S/c1-13-4-8-16(9-5-13)35-12-17-19(25-29-30(17)21-20(23)27-34-28-21)22(31)26-24-11-14-6-7-15(32-2)10-18(14)33-3/h4-11H,12H2,1-3H3,(H2,23,27)(H,26,31). The number of nitrogens with one attached hydrogen (secondary N) is 1. The lowest BCUT2D eigenvalue weighted by molar-refractivity contribution is 0.0949. The predicted octanol–water partition coefficient (Wildman–Crippen LogP) is 2.61. The molecule has 0 radical (unpaired) electrons. The van der Waals surface area contributed by atoms with Crippen LogP contribution < -0.4 is 20.6 Å². The molecule has 1 amide bonds. The lowest BCUT2D eigenvalue weighted by Crippen LogP contribution is -2.20. The highest BCUT2D eigenvalue weighted by molar-refractivity contribution is 7.98. The van der Waals surface area contributed by atoms with Gasteiger partial charge in [0.1, 0.15) is 11.5 Å². The molecule has 4 aromatic rings. The Morgan fingerprint density at radius 2 is 2.00 bits per heavy atom. The zero-order chi connectivity index (χ0) is 24.8. The van der Waals surface area contributed by atoms with Gasteiger partial charge in [0.15, 0.2) is 5.69 Å². The van der Waals surface area contributed by atoms with Crippen LogP contribution in [-0.4, -0.2) is 51.6 Å². The molecule has 35 heavy (non-hydrogen) atoms. The van der Waals surface area contributed by atoms with E-state index < -0.39 is 5.91 Å². The molecule has 3 N–H and O–H groups in total. The molecule has 2 aromatic heterocycles. The van der Waals surface area contributed by atoms with Crippen molar-refractivity contribution in [1.82, 2.24) is 30.7 Å². The number of thioether (sulfide) groups is 1. The number of benzene rings is 2. The molecule has 0 aliphatic heterocycles. The molecular formula is C22H22N8O4S. The largest absolute Gasteiger partial charge is 0.497 e. The van der Waals surface area contributed by atoms with Crippen molar-refractivity contribution in [3.8, 4) is 17.3 Å². The van der Waals surface area contributed by atoms with E-state index in [9.17, 15) is 4.79 Å². The Balaban J connectivity index is 1.57. The van der Waals surface area contributed by atoms with Gasteiger partial charge in [0.2, 0.25) is 11.6 Å². The van der Waals surface area contributed by atoms with Crippen LogP contribution in [0.25, 0.3) is 5.82 Å². The second-order valence-electron chi connectivity index (χ2n) is 7.18. The fraction of sp³-hybridized carbons (Fsp3) is 0.182. The molecular weight excluding hydrogens is 472 g/mol. The normalized spacial score (nSPS) is 11.1. The van der Waals surface area contributed by atoms with Crippen molar-refractivity contribution < 1.29 is 18.9 Å². The summed E-state index contributed by atoms with van der Waals surface area (Å²) in [5, 5.41) is 19.5. The van der Waals surface area contributed by atoms with Gasteiger partial charge >= 0.3 is 0 Å². The van der Waals surface area contributed by atoms with E-state index in [0.29, 0.717) is 28.5 Å². The molecule has 2 heterocycles. The van der Waals surface area contributed by atoms with Crippen LogP contribution in [-0.2, 0) is 5.75 Å². The van der Waals surface area contributed by atoms with Crippen molar-refractivity contribution in [3.05, 3.63) is 65.0 Å². The first-order chi connectivity index (χ1) is 17.0. The number of carbonyl (C=O) groups is 1. The summed E-state index contributed by atoms with van der Waals surface area (Å²) in [4.78, 5) is 13.9. The molecule has 0 bridgehead atoms. The highest BCUT2D eigenvalue weighted by Gasteiger charge is 2.24. The third-order valence-electron chi connectivity index (χ3n) is 4.88. The Hall–Kier alpha value is -4.39. The predicted molar refractivity (Wildman–Crippen MR) is 129 cm³/mol. The minimum Gasteiger partial charge on any atom is -0.497 e. The Bertz CT molecular complexity index is 1350. The third-order valence-corrected chi connectivity index (χ3v) is 5.90. The lowest BCUT2D eigenvalue weighted by Gasteiger charge is -2.07. The maximum atomic E-state index is 12.9. The van der Waals surface area contributed by atoms with Crippen LogP contribution in [0.3, 0.4) is 0 Å². The van der Waals surface area contributed by atoms with Crippen LogP contribution in [0.5, 0.6) is 11.5 Å². The number of hydrogen-bond donors (Lipinski definition) is 2. The summed E-state index contributed by atoms with van der Waals surface area (Å²) in [5.41, 5.74) is 10.6. The molecule has 0 saturated heterocycles. The molecule has 13 heteroatoms. The smallest absolute Gasteiger partial charge is 0.293 e. The maximum absolute atomic E-state index is 12.9. The van der Waals surface area contributed by atoms with E-state index in [0.717, 1.165) is 10.5 Å². The molecule has 0 unspecified atom stereocenters. The Kier molecular flexibility index (Phi) is 7.26. The van der Waals surface area contributed by atoms with Gasteiger partial charge in [-0.05, 0) is 41.5 Å². The number of carbonyl (C=O) groups excluding carboxylic acids is 1. The third kappa shape index (κ3) is 5.41. The fourth-order valence-corrected chi connectivity index (χ4v) is 3.93. The second kappa shape index (κ2) is 10.7. The number of hydrogen-bond acceptors (Lipinski definition) is 11. The fourth-order valence-electron chi connectivity index (χ4n) is 3.04. The van der Waals surface area contributed by atoms with E-state index in [1.807, 2.05) is 31.2 Å². The van der Waals surface area contributed by atoms with E-state index in [1.54, 1.807) is 25.3 Å². The maximum Gasteiger partial charge on any atom is 0.293 e. The number of nitrogens with two attached hydrogens (primary N) is 1. The van der Waals surface area contributed by atoms with Crippen LogP contribution in [0, 0.1) is 6.92 Å². The number of rotatable bonds is 9. The first-order valence-electron chi connectivity index (χ1n) is 10.3. The summed E-state index contributed by atoms with van der Waals surface area (Å²) in [7, 11) is 3.10. The van der Waals surface area contributed by atoms with Crippen molar-refractivity contribution in [2.45, 2.75) is 17.6 Å². The molecule has 0 spiro atoms. The van der Waals surface area contributed by atoms with Crippen molar-refractivity contribution in [2.24, 2.45) is 5.10 Å². The van der Waals surface area contributed by atoms with Crippen molar-refractivity contribution in [1.29, 1.82) is 0 Å². The molecule has 2 aromatic carbocycles. The summed E-state index contributed by atoms with van der Waals surface area (Å²) in [6, 6.07) is 13.2. The van der Waals surface area contributed by atoms with Crippen LogP contribution in [0.2, 0.25) is 0 Å². The van der Waals surface area contributed by atoms with Crippen LogP contribution in [0.4, 0.5) is 5.82 Å². The van der Waals surface area contributed by atoms with Crippen LogP contribution in [0.1, 0.15) is 27.3 Å². The average molecular weight is 495 g/mol. The molecule has 0 atom stereocenters. The van der Waals surface area contributed by atoms with Crippen molar-refractivity contribution in [3.63, 3.8) is 0 Å². The monoisotopic (exact) mass is 494 g/mol. The van der Waals surface area contributed by atoms with E-state index >= 15 is 0 Å². The second-order valence-corrected chi connectivity index (χ2v) is 8.23. The van der Waals surface area contributed by atoms with Gasteiger partial charge < -0.3 is 15.2 Å². The Labute approximate surface area is 204 Å². The first-order valence-corrected chi connectivity index (χ1v) is 11.3. The summed E-state index contributed by atoms with van der Waals surface area (Å²) in [6.07, 6.45) is 1.46. The highest BCUT2D eigenvalue weighted by Crippen LogP contribution is 2.26. The molecule has 12 nitrogen and oxygen atoms in total.